The number of rotatable bonds is 37. The topological polar surface area (TPSA) is 218 Å². The van der Waals surface area contributed by atoms with Crippen molar-refractivity contribution in [3.05, 3.63) is 18.2 Å². The number of hydrogen-bond donors (Lipinski definition) is 5. The molecule has 0 aliphatic carbocycles. The Hall–Kier alpha value is -3.36. The summed E-state index contributed by atoms with van der Waals surface area (Å²) in [6.45, 7) is 6.99. The first-order valence-corrected chi connectivity index (χ1v) is 21.0. The monoisotopic (exact) mass is 777 g/mol. The molecule has 315 valence electrons. The van der Waals surface area contributed by atoms with E-state index in [1.807, 2.05) is 0 Å². The van der Waals surface area contributed by atoms with E-state index in [-0.39, 0.29) is 43.7 Å². The average Bonchev–Trinajstić information content (AvgIpc) is 3.66. The maximum absolute atomic E-state index is 13.0. The predicted molar refractivity (Wildman–Crippen MR) is 215 cm³/mol. The Morgan fingerprint density at radius 1 is 0.782 bits per heavy atom. The van der Waals surface area contributed by atoms with Crippen LogP contribution in [-0.4, -0.2) is 90.5 Å². The molecule has 1 aromatic heterocycles. The lowest BCUT2D eigenvalue weighted by atomic mass is 9.87. The third-order valence-corrected chi connectivity index (χ3v) is 9.74. The zero-order valence-electron chi connectivity index (χ0n) is 34.3. The molecule has 0 aliphatic heterocycles. The average molecular weight is 777 g/mol. The predicted octanol–water partition coefficient (Wildman–Crippen LogP) is 5.26. The maximum atomic E-state index is 13.0. The van der Waals surface area contributed by atoms with Crippen molar-refractivity contribution in [3.8, 4) is 0 Å². The van der Waals surface area contributed by atoms with Crippen LogP contribution in [0.3, 0.4) is 0 Å². The van der Waals surface area contributed by atoms with Gasteiger partial charge in [-0.15, -0.1) is 0 Å². The Bertz CT molecular complexity index is 1180. The largest absolute Gasteiger partial charge is 0.377 e. The molecule has 1 heterocycles. The number of H-pyrrole nitrogens is 1. The van der Waals surface area contributed by atoms with Crippen molar-refractivity contribution in [1.82, 2.24) is 31.7 Å². The minimum atomic E-state index is -1.28. The molecular formula is C41H74N7O7. The van der Waals surface area contributed by atoms with Crippen LogP contribution >= 0.6 is 0 Å². The molecule has 1 radical (unpaired) electrons. The van der Waals surface area contributed by atoms with Crippen LogP contribution in [0.4, 0.5) is 0 Å². The summed E-state index contributed by atoms with van der Waals surface area (Å²) in [7, 11) is 0. The summed E-state index contributed by atoms with van der Waals surface area (Å²) in [4.78, 5) is 68.4. The lowest BCUT2D eigenvalue weighted by Crippen LogP contribution is -2.54. The van der Waals surface area contributed by atoms with E-state index in [2.05, 4.69) is 32.8 Å². The highest BCUT2D eigenvalue weighted by molar-refractivity contribution is 5.95. The SMILES string of the molecule is CCCCCCCCCCCCCCCCCC(=O)NCCOCCOCC(=O)NCCCCC(CC(=O)C(C)(C)NC(=O)[C@@H]([NH])Cc1cnc[nH]1)C(N)=O. The van der Waals surface area contributed by atoms with E-state index in [1.165, 1.54) is 96.0 Å². The van der Waals surface area contributed by atoms with Crippen molar-refractivity contribution < 1.29 is 33.4 Å². The highest BCUT2D eigenvalue weighted by atomic mass is 16.5. The number of nitrogens with zero attached hydrogens (tertiary/aromatic N) is 1. The van der Waals surface area contributed by atoms with Crippen molar-refractivity contribution in [3.63, 3.8) is 0 Å². The Balaban J connectivity index is 1.99. The Kier molecular flexibility index (Phi) is 28.7. The molecule has 55 heavy (non-hydrogen) atoms. The van der Waals surface area contributed by atoms with E-state index >= 15 is 0 Å². The molecule has 2 atom stereocenters. The summed E-state index contributed by atoms with van der Waals surface area (Å²) in [5.74, 6) is -2.50. The Labute approximate surface area is 330 Å². The van der Waals surface area contributed by atoms with E-state index in [0.29, 0.717) is 57.7 Å². The normalized spacial score (nSPS) is 12.6. The number of ketones is 1. The van der Waals surface area contributed by atoms with Gasteiger partial charge < -0.3 is 36.1 Å². The van der Waals surface area contributed by atoms with Crippen LogP contribution in [0.15, 0.2) is 12.5 Å². The van der Waals surface area contributed by atoms with Crippen LogP contribution in [0, 0.1) is 5.92 Å². The second-order valence-corrected chi connectivity index (χ2v) is 15.2. The molecule has 0 saturated heterocycles. The third kappa shape index (κ3) is 27.0. The minimum absolute atomic E-state index is 0.0520. The maximum Gasteiger partial charge on any atom is 0.245 e. The Morgan fingerprint density at radius 2 is 1.36 bits per heavy atom. The summed E-state index contributed by atoms with van der Waals surface area (Å²) >= 11 is 0. The van der Waals surface area contributed by atoms with Gasteiger partial charge in [0.2, 0.25) is 23.6 Å². The van der Waals surface area contributed by atoms with Crippen LogP contribution in [0.25, 0.3) is 0 Å². The van der Waals surface area contributed by atoms with Crippen molar-refractivity contribution in [2.75, 3.05) is 39.5 Å². The number of imidazole rings is 1. The number of aromatic amines is 1. The van der Waals surface area contributed by atoms with Crippen molar-refractivity contribution in [2.45, 2.75) is 167 Å². The molecule has 1 rings (SSSR count). The molecule has 0 fully saturated rings. The molecule has 0 spiro atoms. The molecule has 0 saturated carbocycles. The van der Waals surface area contributed by atoms with Crippen LogP contribution in [0.2, 0.25) is 0 Å². The molecule has 7 N–H and O–H groups in total. The van der Waals surface area contributed by atoms with Crippen molar-refractivity contribution in [1.29, 1.82) is 0 Å². The fourth-order valence-corrected chi connectivity index (χ4v) is 6.18. The highest BCUT2D eigenvalue weighted by Crippen LogP contribution is 2.19. The quantitative estimate of drug-likeness (QED) is 0.0561. The van der Waals surface area contributed by atoms with E-state index in [4.69, 9.17) is 20.9 Å². The number of nitrogens with one attached hydrogen (secondary N) is 5. The van der Waals surface area contributed by atoms with Gasteiger partial charge >= 0.3 is 0 Å². The minimum Gasteiger partial charge on any atom is -0.377 e. The van der Waals surface area contributed by atoms with Crippen LogP contribution in [0.1, 0.15) is 155 Å². The van der Waals surface area contributed by atoms with Gasteiger partial charge in [0, 0.05) is 50.2 Å². The third-order valence-electron chi connectivity index (χ3n) is 9.74. The second kappa shape index (κ2) is 31.8. The number of carbonyl (C=O) groups is 5. The van der Waals surface area contributed by atoms with Gasteiger partial charge in [-0.05, 0) is 33.1 Å². The van der Waals surface area contributed by atoms with Crippen LogP contribution in [-0.2, 0) is 39.9 Å². The Morgan fingerprint density at radius 3 is 1.95 bits per heavy atom. The van der Waals surface area contributed by atoms with Gasteiger partial charge in [-0.2, -0.15) is 0 Å². The first-order valence-electron chi connectivity index (χ1n) is 21.0. The van der Waals surface area contributed by atoms with E-state index in [0.717, 1.165) is 12.8 Å². The molecule has 0 aliphatic rings. The number of nitrogens with two attached hydrogens (primary N) is 1. The smallest absolute Gasteiger partial charge is 0.245 e. The number of aromatic nitrogens is 2. The van der Waals surface area contributed by atoms with E-state index < -0.39 is 29.3 Å². The summed E-state index contributed by atoms with van der Waals surface area (Å²) in [6.07, 6.45) is 24.5. The second-order valence-electron chi connectivity index (χ2n) is 15.2. The van der Waals surface area contributed by atoms with Gasteiger partial charge in [0.15, 0.2) is 5.78 Å². The van der Waals surface area contributed by atoms with E-state index in [1.54, 1.807) is 13.8 Å². The zero-order valence-corrected chi connectivity index (χ0v) is 34.3. The molecule has 1 aromatic rings. The zero-order chi connectivity index (χ0) is 40.6. The van der Waals surface area contributed by atoms with Gasteiger partial charge in [0.05, 0.1) is 31.7 Å². The molecule has 0 aromatic carbocycles. The van der Waals surface area contributed by atoms with E-state index in [9.17, 15) is 24.0 Å². The standard InChI is InChI=1S/C41H74N7O7/c1-4-5-6-7-8-9-10-11-12-13-14-15-16-17-18-22-37(50)46-24-25-54-26-27-55-31-38(51)45-23-20-19-21-33(39(43)52)28-36(49)41(2,3)48-40(53)35(42)29-34-30-44-32-47-34/h30,32-33,35,42H,4-29,31H2,1-3H3,(H2,43,52)(H,44,47)(H,45,51)(H,46,50)(H,48,53)/t33?,35-/m0/s1. The lowest BCUT2D eigenvalue weighted by Gasteiger charge is -2.27. The molecular weight excluding hydrogens is 702 g/mol. The highest BCUT2D eigenvalue weighted by Gasteiger charge is 2.33. The summed E-state index contributed by atoms with van der Waals surface area (Å²) in [5, 5.41) is 8.26. The van der Waals surface area contributed by atoms with Gasteiger partial charge in [0.25, 0.3) is 0 Å². The van der Waals surface area contributed by atoms with Crippen LogP contribution in [0.5, 0.6) is 0 Å². The number of amides is 4. The van der Waals surface area contributed by atoms with Crippen molar-refractivity contribution >= 4 is 29.4 Å². The number of ether oxygens (including phenoxy) is 2. The summed E-state index contributed by atoms with van der Waals surface area (Å²) in [5.41, 5.74) is 13.0. The number of primary amides is 1. The molecule has 4 amide bonds. The number of Topliss-reactive ketones (excluding diaryl/α,β-unsaturated/α-hetero) is 1. The summed E-state index contributed by atoms with van der Waals surface area (Å²) < 4.78 is 10.8. The first kappa shape index (κ1) is 49.7. The lowest BCUT2D eigenvalue weighted by molar-refractivity contribution is -0.134. The molecule has 0 bridgehead atoms. The first-order chi connectivity index (χ1) is 26.5. The fraction of sp³-hybridized carbons (Fsp3) is 0.805. The van der Waals surface area contributed by atoms with Gasteiger partial charge in [-0.25, -0.2) is 10.7 Å². The van der Waals surface area contributed by atoms with Gasteiger partial charge in [-0.3, -0.25) is 24.0 Å². The van der Waals surface area contributed by atoms with Crippen molar-refractivity contribution in [2.24, 2.45) is 11.7 Å². The number of hydrogen-bond acceptors (Lipinski definition) is 8. The van der Waals surface area contributed by atoms with Gasteiger partial charge in [0.1, 0.15) is 12.6 Å². The number of carbonyl (C=O) groups excluding carboxylic acids is 5. The molecule has 1 unspecified atom stereocenters. The number of unbranched alkanes of at least 4 members (excludes halogenated alkanes) is 15. The summed E-state index contributed by atoms with van der Waals surface area (Å²) in [6, 6.07) is -1.13. The molecule has 14 nitrogen and oxygen atoms in total. The van der Waals surface area contributed by atoms with Gasteiger partial charge in [-0.1, -0.05) is 103 Å². The molecule has 14 heteroatoms. The fourth-order valence-electron chi connectivity index (χ4n) is 6.18. The van der Waals surface area contributed by atoms with Crippen LogP contribution < -0.4 is 27.4 Å².